The van der Waals surface area contributed by atoms with Gasteiger partial charge in [-0.25, -0.2) is 19.9 Å². The summed E-state index contributed by atoms with van der Waals surface area (Å²) in [5, 5.41) is 8.48. The summed E-state index contributed by atoms with van der Waals surface area (Å²) in [6.45, 7) is 0. The van der Waals surface area contributed by atoms with E-state index in [-0.39, 0.29) is 0 Å². The highest BCUT2D eigenvalue weighted by molar-refractivity contribution is 7.22. The van der Waals surface area contributed by atoms with Crippen LogP contribution >= 0.6 is 11.3 Å². The first-order chi connectivity index (χ1) is 25.3. The van der Waals surface area contributed by atoms with Crippen molar-refractivity contribution in [3.8, 4) is 55.9 Å². The van der Waals surface area contributed by atoms with Crippen molar-refractivity contribution in [3.63, 3.8) is 0 Å². The van der Waals surface area contributed by atoms with Crippen LogP contribution in [0.15, 0.2) is 170 Å². The summed E-state index contributed by atoms with van der Waals surface area (Å²) in [5.74, 6) is 1.96. The fourth-order valence-electron chi connectivity index (χ4n) is 7.07. The molecule has 0 atom stereocenters. The smallest absolute Gasteiger partial charge is 0.164 e. The van der Waals surface area contributed by atoms with Crippen molar-refractivity contribution in [2.24, 2.45) is 0 Å². The Labute approximate surface area is 298 Å². The van der Waals surface area contributed by atoms with E-state index in [2.05, 4.69) is 103 Å². The molecule has 0 aliphatic rings. The SMILES string of the molecule is c1ccc(-c2nc(-c3ccccc3)nc(-c3ccc(-c4cccc5c4ccc4ccc6ccc7nc(-c8ccccc8)sc7c6c45)cc3)n2)cc1. The number of hydrogen-bond acceptors (Lipinski definition) is 5. The highest BCUT2D eigenvalue weighted by atomic mass is 32.1. The van der Waals surface area contributed by atoms with Crippen molar-refractivity contribution >= 4 is 53.9 Å². The Morgan fingerprint density at radius 1 is 0.333 bits per heavy atom. The average molecular weight is 669 g/mol. The summed E-state index contributed by atoms with van der Waals surface area (Å²) in [6.07, 6.45) is 0. The monoisotopic (exact) mass is 668 g/mol. The van der Waals surface area contributed by atoms with Gasteiger partial charge in [0.2, 0.25) is 0 Å². The molecule has 4 nitrogen and oxygen atoms in total. The number of fused-ring (bicyclic) bond motifs is 7. The van der Waals surface area contributed by atoms with E-state index in [0.29, 0.717) is 17.5 Å². The van der Waals surface area contributed by atoms with E-state index in [0.717, 1.165) is 38.3 Å². The Balaban J connectivity index is 1.11. The summed E-state index contributed by atoms with van der Waals surface area (Å²) in [6, 6.07) is 59.3. The summed E-state index contributed by atoms with van der Waals surface area (Å²) in [5.41, 5.74) is 7.35. The van der Waals surface area contributed by atoms with Gasteiger partial charge >= 0.3 is 0 Å². The van der Waals surface area contributed by atoms with Crippen LogP contribution in [0.4, 0.5) is 0 Å². The summed E-state index contributed by atoms with van der Waals surface area (Å²) >= 11 is 1.77. The molecule has 10 rings (SSSR count). The Kier molecular flexibility index (Phi) is 6.96. The maximum absolute atomic E-state index is 5.07. The molecule has 8 aromatic carbocycles. The van der Waals surface area contributed by atoms with Gasteiger partial charge in [0.25, 0.3) is 0 Å². The van der Waals surface area contributed by atoms with E-state index >= 15 is 0 Å². The highest BCUT2D eigenvalue weighted by Gasteiger charge is 2.16. The molecule has 2 heterocycles. The van der Waals surface area contributed by atoms with Gasteiger partial charge in [0, 0.05) is 27.6 Å². The van der Waals surface area contributed by atoms with E-state index < -0.39 is 0 Å². The lowest BCUT2D eigenvalue weighted by Crippen LogP contribution is -2.00. The molecule has 238 valence electrons. The minimum atomic E-state index is 0.646. The molecular formula is C46H28N4S. The first kappa shape index (κ1) is 29.4. The molecular weight excluding hydrogens is 641 g/mol. The topological polar surface area (TPSA) is 51.6 Å². The Morgan fingerprint density at radius 2 is 0.843 bits per heavy atom. The number of benzene rings is 8. The summed E-state index contributed by atoms with van der Waals surface area (Å²) in [4.78, 5) is 19.8. The van der Waals surface area contributed by atoms with Crippen molar-refractivity contribution in [1.82, 2.24) is 19.9 Å². The van der Waals surface area contributed by atoms with E-state index in [1.807, 2.05) is 66.7 Å². The molecule has 0 aliphatic heterocycles. The average Bonchev–Trinajstić information content (AvgIpc) is 3.66. The fourth-order valence-corrected chi connectivity index (χ4v) is 8.20. The van der Waals surface area contributed by atoms with Crippen molar-refractivity contribution in [2.75, 3.05) is 0 Å². The molecule has 0 saturated carbocycles. The quantitative estimate of drug-likeness (QED) is 0.171. The highest BCUT2D eigenvalue weighted by Crippen LogP contribution is 2.42. The molecule has 0 bridgehead atoms. The number of nitrogens with zero attached hydrogens (tertiary/aromatic N) is 4. The molecule has 5 heteroatoms. The van der Waals surface area contributed by atoms with Gasteiger partial charge in [-0.1, -0.05) is 164 Å². The van der Waals surface area contributed by atoms with E-state index in [4.69, 9.17) is 19.9 Å². The zero-order valence-corrected chi connectivity index (χ0v) is 28.2. The lowest BCUT2D eigenvalue weighted by atomic mass is 9.92. The molecule has 0 N–H and O–H groups in total. The fraction of sp³-hybridized carbons (Fsp3) is 0. The van der Waals surface area contributed by atoms with Crippen LogP contribution in [0.5, 0.6) is 0 Å². The second-order valence-corrected chi connectivity index (χ2v) is 13.6. The van der Waals surface area contributed by atoms with Gasteiger partial charge in [-0.2, -0.15) is 0 Å². The summed E-state index contributed by atoms with van der Waals surface area (Å²) < 4.78 is 1.22. The van der Waals surface area contributed by atoms with Crippen LogP contribution < -0.4 is 0 Å². The normalized spacial score (nSPS) is 11.5. The lowest BCUT2D eigenvalue weighted by molar-refractivity contribution is 1.07. The Bertz CT molecular complexity index is 2830. The molecule has 2 aromatic heterocycles. The van der Waals surface area contributed by atoms with Crippen LogP contribution in [-0.4, -0.2) is 19.9 Å². The van der Waals surface area contributed by atoms with Gasteiger partial charge in [-0.15, -0.1) is 11.3 Å². The van der Waals surface area contributed by atoms with Gasteiger partial charge in [0.1, 0.15) is 5.01 Å². The van der Waals surface area contributed by atoms with E-state index in [9.17, 15) is 0 Å². The predicted molar refractivity (Wildman–Crippen MR) is 213 cm³/mol. The lowest BCUT2D eigenvalue weighted by Gasteiger charge is -2.13. The predicted octanol–water partition coefficient (Wildman–Crippen LogP) is 12.3. The Hall–Kier alpha value is -6.56. The molecule has 0 radical (unpaired) electrons. The van der Waals surface area contributed by atoms with Crippen LogP contribution in [0.3, 0.4) is 0 Å². The minimum Gasteiger partial charge on any atom is -0.236 e. The van der Waals surface area contributed by atoms with Crippen LogP contribution in [0, 0.1) is 0 Å². The van der Waals surface area contributed by atoms with Crippen molar-refractivity contribution < 1.29 is 0 Å². The van der Waals surface area contributed by atoms with Gasteiger partial charge in [0.15, 0.2) is 17.5 Å². The minimum absolute atomic E-state index is 0.646. The third kappa shape index (κ3) is 5.14. The molecule has 51 heavy (non-hydrogen) atoms. The van der Waals surface area contributed by atoms with E-state index in [1.54, 1.807) is 11.3 Å². The van der Waals surface area contributed by atoms with Gasteiger partial charge < -0.3 is 0 Å². The number of hydrogen-bond donors (Lipinski definition) is 0. The largest absolute Gasteiger partial charge is 0.236 e. The molecule has 0 saturated heterocycles. The van der Waals surface area contributed by atoms with Crippen LogP contribution in [-0.2, 0) is 0 Å². The summed E-state index contributed by atoms with van der Waals surface area (Å²) in [7, 11) is 0. The van der Waals surface area contributed by atoms with Gasteiger partial charge in [-0.3, -0.25) is 0 Å². The zero-order valence-electron chi connectivity index (χ0n) is 27.4. The molecule has 0 unspecified atom stereocenters. The maximum atomic E-state index is 5.07. The standard InChI is InChI=1S/C46H28N4S/c1-4-11-32(12-5-1)43-48-44(33-13-6-2-7-14-33)50-45(49-43)34-23-19-29(20-24-34)36-17-10-18-38-37(36)27-25-30-21-22-31-26-28-39-42(41(31)40(30)38)51-46(47-39)35-15-8-3-9-16-35/h1-28H. The third-order valence-electron chi connectivity index (χ3n) is 9.55. The second-order valence-electron chi connectivity index (χ2n) is 12.6. The molecule has 0 spiro atoms. The van der Waals surface area contributed by atoms with E-state index in [1.165, 1.54) is 42.6 Å². The molecule has 0 aliphatic carbocycles. The first-order valence-electron chi connectivity index (χ1n) is 17.0. The van der Waals surface area contributed by atoms with Gasteiger partial charge in [0.05, 0.1) is 10.2 Å². The van der Waals surface area contributed by atoms with Crippen LogP contribution in [0.2, 0.25) is 0 Å². The molecule has 10 aromatic rings. The number of thiazole rings is 1. The first-order valence-corrected chi connectivity index (χ1v) is 17.8. The third-order valence-corrected chi connectivity index (χ3v) is 10.7. The van der Waals surface area contributed by atoms with Crippen molar-refractivity contribution in [2.45, 2.75) is 0 Å². The van der Waals surface area contributed by atoms with Crippen LogP contribution in [0.1, 0.15) is 0 Å². The van der Waals surface area contributed by atoms with Crippen LogP contribution in [0.25, 0.3) is 98.4 Å². The Morgan fingerprint density at radius 3 is 1.47 bits per heavy atom. The van der Waals surface area contributed by atoms with Crippen molar-refractivity contribution in [1.29, 1.82) is 0 Å². The second kappa shape index (κ2) is 12.1. The number of rotatable bonds is 5. The van der Waals surface area contributed by atoms with Gasteiger partial charge in [-0.05, 0) is 44.1 Å². The number of aromatic nitrogens is 4. The zero-order chi connectivity index (χ0) is 33.7. The molecule has 0 fully saturated rings. The maximum Gasteiger partial charge on any atom is 0.164 e. The molecule has 0 amide bonds. The van der Waals surface area contributed by atoms with Crippen molar-refractivity contribution in [3.05, 3.63) is 170 Å².